The van der Waals surface area contributed by atoms with E-state index in [0.717, 1.165) is 82.5 Å². The molecular weight excluding hydrogens is 1780 g/mol. The average molecular weight is 1870 g/mol. The van der Waals surface area contributed by atoms with Gasteiger partial charge in [-0.1, -0.05) is 455 Å². The molecule has 0 radical (unpaired) electrons. The van der Waals surface area contributed by atoms with E-state index in [0.29, 0.717) is 0 Å². The highest BCUT2D eigenvalue weighted by atomic mass is 16.3. The van der Waals surface area contributed by atoms with Crippen LogP contribution in [-0.2, 0) is 0 Å². The normalized spacial score (nSPS) is 11.7. The third kappa shape index (κ3) is 14.9. The van der Waals surface area contributed by atoms with Crippen LogP contribution in [0.25, 0.3) is 296 Å². The first-order valence-corrected chi connectivity index (χ1v) is 50.5. The van der Waals surface area contributed by atoms with E-state index in [2.05, 4.69) is 510 Å². The van der Waals surface area contributed by atoms with Crippen molar-refractivity contribution in [2.75, 3.05) is 0 Å². The van der Waals surface area contributed by atoms with Gasteiger partial charge in [-0.3, -0.25) is 0 Å². The van der Waals surface area contributed by atoms with Crippen LogP contribution in [0.1, 0.15) is 0 Å². The zero-order valence-corrected chi connectivity index (χ0v) is 80.2. The van der Waals surface area contributed by atoms with Crippen molar-refractivity contribution in [2.24, 2.45) is 0 Å². The Kier molecular flexibility index (Phi) is 21.0. The lowest BCUT2D eigenvalue weighted by molar-refractivity contribution is 0.668. The van der Waals surface area contributed by atoms with Crippen LogP contribution in [0.5, 0.6) is 0 Å². The molecule has 0 unspecified atom stereocenters. The summed E-state index contributed by atoms with van der Waals surface area (Å²) >= 11 is 0. The lowest BCUT2D eigenvalue weighted by Crippen LogP contribution is -1.94. The van der Waals surface area contributed by atoms with Gasteiger partial charge >= 0.3 is 0 Å². The van der Waals surface area contributed by atoms with Gasteiger partial charge in [-0.2, -0.15) is 0 Å². The second-order valence-corrected chi connectivity index (χ2v) is 38.5. The molecule has 3 heteroatoms. The van der Waals surface area contributed by atoms with E-state index in [-0.39, 0.29) is 0 Å². The summed E-state index contributed by atoms with van der Waals surface area (Å²) in [5.74, 6) is 0. The number of hydrogen-bond donors (Lipinski definition) is 0. The Hall–Kier alpha value is -19.3. The summed E-state index contributed by atoms with van der Waals surface area (Å²) in [6.45, 7) is 0. The van der Waals surface area contributed by atoms with Crippen molar-refractivity contribution in [3.63, 3.8) is 0 Å². The van der Waals surface area contributed by atoms with E-state index in [1.54, 1.807) is 0 Å². The van der Waals surface area contributed by atoms with Gasteiger partial charge in [0.15, 0.2) is 0 Å². The molecule has 0 aliphatic carbocycles. The molecule has 30 aromatic rings. The third-order valence-corrected chi connectivity index (χ3v) is 30.2. The van der Waals surface area contributed by atoms with Crippen LogP contribution in [-0.4, -0.2) is 0 Å². The minimum absolute atomic E-state index is 0.907. The van der Waals surface area contributed by atoms with Gasteiger partial charge in [-0.15, -0.1) is 0 Å². The van der Waals surface area contributed by atoms with Gasteiger partial charge in [0.1, 0.15) is 33.5 Å². The minimum Gasteiger partial charge on any atom is -0.456 e. The van der Waals surface area contributed by atoms with Crippen molar-refractivity contribution in [3.8, 4) is 134 Å². The van der Waals surface area contributed by atoms with Crippen molar-refractivity contribution in [1.29, 1.82) is 0 Å². The van der Waals surface area contributed by atoms with Crippen LogP contribution in [0, 0.1) is 0 Å². The maximum Gasteiger partial charge on any atom is 0.136 e. The van der Waals surface area contributed by atoms with Crippen LogP contribution >= 0.6 is 0 Å². The summed E-state index contributed by atoms with van der Waals surface area (Å²) in [4.78, 5) is 0. The molecular formula is C144H90O3. The van der Waals surface area contributed by atoms with E-state index in [4.69, 9.17) is 13.3 Å². The van der Waals surface area contributed by atoms with Gasteiger partial charge in [0.25, 0.3) is 0 Å². The predicted octanol–water partition coefficient (Wildman–Crippen LogP) is 41.1. The molecule has 0 saturated carbocycles. The first-order chi connectivity index (χ1) is 72.9. The van der Waals surface area contributed by atoms with E-state index in [9.17, 15) is 0 Å². The van der Waals surface area contributed by atoms with Crippen LogP contribution in [0.15, 0.2) is 559 Å². The first-order valence-electron chi connectivity index (χ1n) is 50.5. The molecule has 3 nitrogen and oxygen atoms in total. The van der Waals surface area contributed by atoms with Gasteiger partial charge in [0.2, 0.25) is 0 Å². The summed E-state index contributed by atoms with van der Waals surface area (Å²) in [7, 11) is 0. The SMILES string of the molecule is c1ccc(-c2cc(-c3c4ccccc4c(-c4ccc5c(c4)oc4ccccc45)c4ccccc34)c3cc(-c4ccccc4)ccc3c2)cc1.c1ccc(-c2ccc3c(-c4c5ccccc5c(-c5ccc6c(c5)oc5ccccc56)c5ccccc45)cc(-c4ccccc4)cc3c2)cc1.c1ccc(-c2ccc3c(-c4ccccc4)cccc3c2-c2c3ccccc3c(-c3ccc4c(c3)oc3ccccc34)c3ccccc23)cc1. The summed E-state index contributed by atoms with van der Waals surface area (Å²) in [5, 5.41) is 29.1. The minimum atomic E-state index is 0.907. The second kappa shape index (κ2) is 36.0. The summed E-state index contributed by atoms with van der Waals surface area (Å²) < 4.78 is 19.2. The molecule has 30 rings (SSSR count). The highest BCUT2D eigenvalue weighted by molar-refractivity contribution is 6.30. The molecule has 0 spiro atoms. The maximum atomic E-state index is 6.39. The largest absolute Gasteiger partial charge is 0.456 e. The number of hydrogen-bond acceptors (Lipinski definition) is 3. The Morgan fingerprint density at radius 2 is 0.340 bits per heavy atom. The third-order valence-electron chi connectivity index (χ3n) is 30.2. The number of benzene rings is 27. The van der Waals surface area contributed by atoms with E-state index in [1.807, 2.05) is 36.4 Å². The van der Waals surface area contributed by atoms with Crippen molar-refractivity contribution < 1.29 is 13.3 Å². The molecule has 27 aromatic carbocycles. The van der Waals surface area contributed by atoms with E-state index >= 15 is 0 Å². The molecule has 684 valence electrons. The van der Waals surface area contributed by atoms with Gasteiger partial charge in [-0.25, -0.2) is 0 Å². The van der Waals surface area contributed by atoms with Crippen molar-refractivity contribution >= 4 is 163 Å². The van der Waals surface area contributed by atoms with Gasteiger partial charge in [-0.05, 0) is 321 Å². The van der Waals surface area contributed by atoms with Crippen LogP contribution < -0.4 is 0 Å². The first kappa shape index (κ1) is 85.6. The zero-order chi connectivity index (χ0) is 96.9. The fourth-order valence-corrected chi connectivity index (χ4v) is 23.5. The summed E-state index contributed by atoms with van der Waals surface area (Å²) in [5.41, 5.74) is 34.7. The zero-order valence-electron chi connectivity index (χ0n) is 80.2. The van der Waals surface area contributed by atoms with Crippen molar-refractivity contribution in [3.05, 3.63) is 546 Å². The second-order valence-electron chi connectivity index (χ2n) is 38.5. The highest BCUT2D eigenvalue weighted by Gasteiger charge is 2.28. The molecule has 0 amide bonds. The molecule has 0 aliphatic heterocycles. The quantitative estimate of drug-likeness (QED) is 0.114. The Balaban J connectivity index is 0.000000107. The van der Waals surface area contributed by atoms with E-state index < -0.39 is 0 Å². The monoisotopic (exact) mass is 1870 g/mol. The Labute approximate surface area is 849 Å². The fourth-order valence-electron chi connectivity index (χ4n) is 23.5. The fraction of sp³-hybridized carbons (Fsp3) is 0. The lowest BCUT2D eigenvalue weighted by Gasteiger charge is -2.22. The highest BCUT2D eigenvalue weighted by Crippen LogP contribution is 2.55. The smallest absolute Gasteiger partial charge is 0.136 e. The standard InChI is InChI=1S/3C48H30O/c1-3-14-31(15-4-1)34-23-13-24-39-36(34)29-28-35(32-16-5-2-6-17-32)47(39)48-42-21-9-7-19-40(42)46(41-20-8-10-22-43(41)48)33-26-27-38-37-18-11-12-25-44(37)49-45(38)30-33;1-3-13-31(14-4-1)33-23-25-37-36(27-33)28-35(32-15-5-2-6-16-32)29-44(37)48-42-20-9-7-18-40(42)47(41-19-8-10-21-43(41)48)34-24-26-39-38-17-11-12-22-45(38)49-46(39)30-34;1-3-13-31(14-4-1)33-23-24-34-27-36(32-15-5-2-6-16-32)29-44(43(34)28-33)48-41-20-9-7-18-39(41)47(40-19-8-10-21-42(40)48)35-25-26-38-37-17-11-12-22-45(37)49-46(38)30-35/h3*1-30H. The van der Waals surface area contributed by atoms with Crippen LogP contribution in [0.2, 0.25) is 0 Å². The molecule has 0 bridgehead atoms. The molecule has 3 heterocycles. The predicted molar refractivity (Wildman–Crippen MR) is 624 cm³/mol. The van der Waals surface area contributed by atoms with Crippen LogP contribution in [0.3, 0.4) is 0 Å². The van der Waals surface area contributed by atoms with Crippen LogP contribution in [0.4, 0.5) is 0 Å². The molecule has 3 aromatic heterocycles. The number of para-hydroxylation sites is 3. The molecule has 147 heavy (non-hydrogen) atoms. The Morgan fingerprint density at radius 3 is 0.721 bits per heavy atom. The summed E-state index contributed by atoms with van der Waals surface area (Å²) in [6.07, 6.45) is 0. The average Bonchev–Trinajstić information content (AvgIpc) is 1.49. The topological polar surface area (TPSA) is 39.4 Å². The molecule has 0 atom stereocenters. The van der Waals surface area contributed by atoms with Gasteiger partial charge in [0.05, 0.1) is 0 Å². The number of fused-ring (bicyclic) bond motifs is 18. The molecule has 0 N–H and O–H groups in total. The molecule has 0 saturated heterocycles. The van der Waals surface area contributed by atoms with E-state index in [1.165, 1.54) is 214 Å². The lowest BCUT2D eigenvalue weighted by atomic mass is 9.81. The number of furan rings is 3. The van der Waals surface area contributed by atoms with Gasteiger partial charge < -0.3 is 13.3 Å². The van der Waals surface area contributed by atoms with Gasteiger partial charge in [0, 0.05) is 32.3 Å². The maximum absolute atomic E-state index is 6.39. The molecule has 0 fully saturated rings. The Morgan fingerprint density at radius 1 is 0.0884 bits per heavy atom. The van der Waals surface area contributed by atoms with Crippen molar-refractivity contribution in [1.82, 2.24) is 0 Å². The summed E-state index contributed by atoms with van der Waals surface area (Å²) in [6, 6.07) is 198. The number of rotatable bonds is 12. The Bertz CT molecular complexity index is 10300. The van der Waals surface area contributed by atoms with Crippen molar-refractivity contribution in [2.45, 2.75) is 0 Å². The molecule has 0 aliphatic rings.